The van der Waals surface area contributed by atoms with E-state index in [1.54, 1.807) is 17.0 Å². The molecule has 5 heteroatoms. The molecule has 0 radical (unpaired) electrons. The molecule has 0 spiro atoms. The zero-order valence-electron chi connectivity index (χ0n) is 13.9. The number of hydrogen-bond donors (Lipinski definition) is 0. The average Bonchev–Trinajstić information content (AvgIpc) is 2.59. The lowest BCUT2D eigenvalue weighted by atomic mass is 9.95. The molecule has 1 aliphatic heterocycles. The third-order valence-corrected chi connectivity index (χ3v) is 4.32. The number of carbonyl (C=O) groups excluding carboxylic acids is 1. The lowest BCUT2D eigenvalue weighted by Crippen LogP contribution is -2.41. The highest BCUT2D eigenvalue weighted by Gasteiger charge is 2.29. The Morgan fingerprint density at radius 2 is 1.92 bits per heavy atom. The molecular formula is C19H21FN2O2. The molecule has 1 atom stereocenters. The monoisotopic (exact) mass is 328 g/mol. The summed E-state index contributed by atoms with van der Waals surface area (Å²) in [6.07, 6.45) is 0.857. The number of amides is 1. The van der Waals surface area contributed by atoms with Crippen molar-refractivity contribution in [1.29, 1.82) is 0 Å². The van der Waals surface area contributed by atoms with Gasteiger partial charge in [-0.05, 0) is 44.3 Å². The van der Waals surface area contributed by atoms with E-state index in [1.807, 2.05) is 32.3 Å². The maximum absolute atomic E-state index is 13.6. The van der Waals surface area contributed by atoms with Gasteiger partial charge in [0.1, 0.15) is 0 Å². The topological polar surface area (TPSA) is 32.8 Å². The van der Waals surface area contributed by atoms with Crippen LogP contribution in [0.1, 0.15) is 18.0 Å². The van der Waals surface area contributed by atoms with Crippen molar-refractivity contribution in [3.05, 3.63) is 59.9 Å². The van der Waals surface area contributed by atoms with Gasteiger partial charge in [-0.1, -0.05) is 30.3 Å². The first kappa shape index (κ1) is 16.5. The van der Waals surface area contributed by atoms with Crippen LogP contribution in [0.2, 0.25) is 0 Å². The fraction of sp³-hybridized carbons (Fsp3) is 0.316. The van der Waals surface area contributed by atoms with Crippen LogP contribution in [-0.2, 0) is 4.79 Å². The van der Waals surface area contributed by atoms with Crippen molar-refractivity contribution in [3.8, 4) is 5.75 Å². The molecule has 1 heterocycles. The quantitative estimate of drug-likeness (QED) is 0.864. The van der Waals surface area contributed by atoms with Crippen LogP contribution >= 0.6 is 0 Å². The third kappa shape index (κ3) is 3.26. The predicted octanol–water partition coefficient (Wildman–Crippen LogP) is 3.24. The molecule has 1 amide bonds. The standard InChI is InChI=1S/C19H21FN2O2/c1-21(2)16-11-12-22(17-9-5-3-7-14(16)17)19(23)13-24-18-10-6-4-8-15(18)20/h3-10,16H,11-13H2,1-2H3. The molecule has 126 valence electrons. The Morgan fingerprint density at radius 1 is 1.21 bits per heavy atom. The highest BCUT2D eigenvalue weighted by atomic mass is 19.1. The van der Waals surface area contributed by atoms with E-state index in [0.29, 0.717) is 6.54 Å². The van der Waals surface area contributed by atoms with E-state index in [1.165, 1.54) is 12.1 Å². The Balaban J connectivity index is 1.76. The molecule has 1 aliphatic rings. The first-order chi connectivity index (χ1) is 11.6. The minimum Gasteiger partial charge on any atom is -0.481 e. The maximum Gasteiger partial charge on any atom is 0.264 e. The molecule has 0 bridgehead atoms. The van der Waals surface area contributed by atoms with E-state index in [4.69, 9.17) is 4.74 Å². The summed E-state index contributed by atoms with van der Waals surface area (Å²) in [5, 5.41) is 0. The summed E-state index contributed by atoms with van der Waals surface area (Å²) in [7, 11) is 4.08. The Bertz CT molecular complexity index is 733. The number of fused-ring (bicyclic) bond motifs is 1. The second-order valence-corrected chi connectivity index (χ2v) is 6.09. The van der Waals surface area contributed by atoms with Crippen molar-refractivity contribution < 1.29 is 13.9 Å². The molecule has 0 saturated heterocycles. The number of para-hydroxylation sites is 2. The van der Waals surface area contributed by atoms with E-state index in [0.717, 1.165) is 17.7 Å². The first-order valence-electron chi connectivity index (χ1n) is 8.01. The van der Waals surface area contributed by atoms with Crippen molar-refractivity contribution in [2.75, 3.05) is 32.1 Å². The number of halogens is 1. The first-order valence-corrected chi connectivity index (χ1v) is 8.01. The molecule has 0 fully saturated rings. The smallest absolute Gasteiger partial charge is 0.264 e. The third-order valence-electron chi connectivity index (χ3n) is 4.32. The van der Waals surface area contributed by atoms with Gasteiger partial charge in [-0.25, -0.2) is 4.39 Å². The molecule has 0 saturated carbocycles. The summed E-state index contributed by atoms with van der Waals surface area (Å²) < 4.78 is 19.0. The second kappa shape index (κ2) is 7.01. The van der Waals surface area contributed by atoms with Crippen molar-refractivity contribution in [2.24, 2.45) is 0 Å². The second-order valence-electron chi connectivity index (χ2n) is 6.09. The lowest BCUT2D eigenvalue weighted by Gasteiger charge is -2.37. The summed E-state index contributed by atoms with van der Waals surface area (Å²) in [6.45, 7) is 0.446. The normalized spacial score (nSPS) is 16.8. The molecule has 4 nitrogen and oxygen atoms in total. The zero-order valence-corrected chi connectivity index (χ0v) is 13.9. The molecule has 3 rings (SSSR count). The van der Waals surface area contributed by atoms with E-state index >= 15 is 0 Å². The number of nitrogens with zero attached hydrogens (tertiary/aromatic N) is 2. The van der Waals surface area contributed by atoms with Gasteiger partial charge in [0.05, 0.1) is 0 Å². The Hall–Kier alpha value is -2.40. The van der Waals surface area contributed by atoms with E-state index in [-0.39, 0.29) is 24.3 Å². The van der Waals surface area contributed by atoms with Crippen molar-refractivity contribution in [2.45, 2.75) is 12.5 Å². The zero-order chi connectivity index (χ0) is 17.1. The lowest BCUT2D eigenvalue weighted by molar-refractivity contribution is -0.120. The highest BCUT2D eigenvalue weighted by molar-refractivity contribution is 5.95. The number of rotatable bonds is 4. The van der Waals surface area contributed by atoms with Crippen LogP contribution < -0.4 is 9.64 Å². The molecule has 0 aliphatic carbocycles. The van der Waals surface area contributed by atoms with Gasteiger partial charge in [-0.3, -0.25) is 4.79 Å². The molecule has 2 aromatic carbocycles. The molecule has 24 heavy (non-hydrogen) atoms. The average molecular weight is 328 g/mol. The molecular weight excluding hydrogens is 307 g/mol. The molecule has 2 aromatic rings. The van der Waals surface area contributed by atoms with Gasteiger partial charge in [0.25, 0.3) is 5.91 Å². The summed E-state index contributed by atoms with van der Waals surface area (Å²) in [4.78, 5) is 16.5. The van der Waals surface area contributed by atoms with Crippen LogP contribution in [0.25, 0.3) is 0 Å². The summed E-state index contributed by atoms with van der Waals surface area (Å²) in [5.74, 6) is -0.526. The van der Waals surface area contributed by atoms with Crippen molar-refractivity contribution in [1.82, 2.24) is 4.90 Å². The van der Waals surface area contributed by atoms with Gasteiger partial charge in [0, 0.05) is 18.3 Å². The predicted molar refractivity (Wildman–Crippen MR) is 91.7 cm³/mol. The van der Waals surface area contributed by atoms with Crippen LogP contribution in [0.3, 0.4) is 0 Å². The Labute approximate surface area is 141 Å². The van der Waals surface area contributed by atoms with Gasteiger partial charge in [-0.15, -0.1) is 0 Å². The summed E-state index contributed by atoms with van der Waals surface area (Å²) in [5.41, 5.74) is 2.04. The van der Waals surface area contributed by atoms with Gasteiger partial charge >= 0.3 is 0 Å². The fourth-order valence-corrected chi connectivity index (χ4v) is 3.12. The van der Waals surface area contributed by atoms with Gasteiger partial charge in [0.2, 0.25) is 0 Å². The minimum absolute atomic E-state index is 0.0994. The van der Waals surface area contributed by atoms with Gasteiger partial charge in [-0.2, -0.15) is 0 Å². The largest absolute Gasteiger partial charge is 0.481 e. The molecule has 0 N–H and O–H groups in total. The van der Waals surface area contributed by atoms with Crippen LogP contribution in [0.4, 0.5) is 10.1 Å². The number of benzene rings is 2. The fourth-order valence-electron chi connectivity index (χ4n) is 3.12. The molecule has 1 unspecified atom stereocenters. The number of ether oxygens (including phenoxy) is 1. The Kier molecular flexibility index (Phi) is 4.81. The van der Waals surface area contributed by atoms with Crippen LogP contribution in [0.5, 0.6) is 5.75 Å². The van der Waals surface area contributed by atoms with Crippen molar-refractivity contribution >= 4 is 11.6 Å². The van der Waals surface area contributed by atoms with Crippen LogP contribution in [-0.4, -0.2) is 38.1 Å². The molecule has 0 aromatic heterocycles. The van der Waals surface area contributed by atoms with E-state index in [2.05, 4.69) is 11.0 Å². The summed E-state index contributed by atoms with van der Waals surface area (Å²) >= 11 is 0. The van der Waals surface area contributed by atoms with E-state index in [9.17, 15) is 9.18 Å². The number of anilines is 1. The Morgan fingerprint density at radius 3 is 2.67 bits per heavy atom. The van der Waals surface area contributed by atoms with Crippen molar-refractivity contribution in [3.63, 3.8) is 0 Å². The minimum atomic E-state index is -0.461. The van der Waals surface area contributed by atoms with E-state index < -0.39 is 5.82 Å². The maximum atomic E-state index is 13.6. The van der Waals surface area contributed by atoms with Gasteiger partial charge in [0.15, 0.2) is 18.2 Å². The number of hydrogen-bond acceptors (Lipinski definition) is 3. The number of carbonyl (C=O) groups is 1. The highest BCUT2D eigenvalue weighted by Crippen LogP contribution is 2.36. The summed E-state index contributed by atoms with van der Waals surface area (Å²) in [6, 6.07) is 14.3. The van der Waals surface area contributed by atoms with Gasteiger partial charge < -0.3 is 14.5 Å². The van der Waals surface area contributed by atoms with Crippen LogP contribution in [0, 0.1) is 5.82 Å². The van der Waals surface area contributed by atoms with Crippen LogP contribution in [0.15, 0.2) is 48.5 Å². The SMILES string of the molecule is CN(C)C1CCN(C(=O)COc2ccccc2F)c2ccccc21.